The van der Waals surface area contributed by atoms with Gasteiger partial charge in [0.25, 0.3) is 0 Å². The van der Waals surface area contributed by atoms with Gasteiger partial charge in [-0.1, -0.05) is 36.4 Å². The Morgan fingerprint density at radius 3 is 2.29 bits per heavy atom. The standard InChI is InChI=1S/C41H48F3N9O4S/c1-50(58(2,56)57)34-8-4-5-28(24-34)25-45-38-36(41(42,43)44)26-46-40(49-38)47-31-9-11-32(12-10-31)52-17-15-33(16-18-52)53-21-19-51(20-22-53)27-29-6-3-7-30(23-29)35-13-14-37(54)48-39(35)55/h3-12,23-24,26,33,35H,13-22,25,27H2,1-2H3,(H,48,54,55)(H2,45,46,47,49). The van der Waals surface area contributed by atoms with Gasteiger partial charge in [0.05, 0.1) is 17.9 Å². The van der Waals surface area contributed by atoms with Crippen molar-refractivity contribution in [1.82, 2.24) is 25.1 Å². The van der Waals surface area contributed by atoms with Crippen molar-refractivity contribution in [3.05, 3.63) is 101 Å². The molecule has 0 spiro atoms. The number of piperazine rings is 1. The summed E-state index contributed by atoms with van der Waals surface area (Å²) in [6.07, 6.45) is 0.122. The fourth-order valence-corrected chi connectivity index (χ4v) is 8.36. The van der Waals surface area contributed by atoms with E-state index in [4.69, 9.17) is 0 Å². The zero-order valence-corrected chi connectivity index (χ0v) is 33.3. The number of hydrogen-bond donors (Lipinski definition) is 3. The third kappa shape index (κ3) is 10.1. The number of alkyl halides is 3. The second kappa shape index (κ2) is 17.3. The van der Waals surface area contributed by atoms with Crippen LogP contribution in [-0.2, 0) is 38.9 Å². The predicted molar refractivity (Wildman–Crippen MR) is 217 cm³/mol. The summed E-state index contributed by atoms with van der Waals surface area (Å²) < 4.78 is 66.8. The number of imide groups is 1. The van der Waals surface area contributed by atoms with Gasteiger partial charge in [-0.05, 0) is 72.4 Å². The van der Waals surface area contributed by atoms with Gasteiger partial charge in [-0.15, -0.1) is 0 Å². The van der Waals surface area contributed by atoms with Crippen LogP contribution in [0.15, 0.2) is 79.0 Å². The number of anilines is 5. The number of hydrogen-bond acceptors (Lipinski definition) is 11. The van der Waals surface area contributed by atoms with E-state index in [0.29, 0.717) is 35.8 Å². The molecular weight excluding hydrogens is 772 g/mol. The summed E-state index contributed by atoms with van der Waals surface area (Å²) >= 11 is 0. The molecule has 0 radical (unpaired) electrons. The Bertz CT molecular complexity index is 2210. The first-order chi connectivity index (χ1) is 27.7. The Kier molecular flexibility index (Phi) is 12.2. The molecule has 0 aliphatic carbocycles. The molecule has 0 saturated carbocycles. The van der Waals surface area contributed by atoms with Crippen molar-refractivity contribution in [1.29, 1.82) is 0 Å². The van der Waals surface area contributed by atoms with Crippen molar-refractivity contribution in [2.45, 2.75) is 56.9 Å². The molecule has 308 valence electrons. The summed E-state index contributed by atoms with van der Waals surface area (Å²) in [7, 11) is -2.11. The van der Waals surface area contributed by atoms with Crippen LogP contribution in [0, 0.1) is 0 Å². The second-order valence-electron chi connectivity index (χ2n) is 15.2. The molecule has 58 heavy (non-hydrogen) atoms. The topological polar surface area (TPSA) is 143 Å². The van der Waals surface area contributed by atoms with Crippen molar-refractivity contribution in [3.8, 4) is 0 Å². The highest BCUT2D eigenvalue weighted by molar-refractivity contribution is 7.92. The third-order valence-corrected chi connectivity index (χ3v) is 12.4. The monoisotopic (exact) mass is 819 g/mol. The lowest BCUT2D eigenvalue weighted by Crippen LogP contribution is -2.53. The quantitative estimate of drug-likeness (QED) is 0.155. The van der Waals surface area contributed by atoms with Gasteiger partial charge in [0, 0.05) is 89.4 Å². The molecule has 1 atom stereocenters. The van der Waals surface area contributed by atoms with E-state index in [1.807, 2.05) is 36.4 Å². The molecule has 3 aliphatic heterocycles. The summed E-state index contributed by atoms with van der Waals surface area (Å²) in [6.45, 7) is 6.55. The Hall–Kier alpha value is -5.26. The number of benzene rings is 3. The molecule has 4 aromatic rings. The van der Waals surface area contributed by atoms with Gasteiger partial charge in [0.2, 0.25) is 27.8 Å². The molecule has 3 aliphatic rings. The van der Waals surface area contributed by atoms with Crippen LogP contribution in [0.25, 0.3) is 0 Å². The van der Waals surface area contributed by atoms with E-state index < -0.39 is 27.6 Å². The Morgan fingerprint density at radius 2 is 1.60 bits per heavy atom. The van der Waals surface area contributed by atoms with Gasteiger partial charge < -0.3 is 15.5 Å². The summed E-state index contributed by atoms with van der Waals surface area (Å²) in [5.74, 6) is -1.09. The van der Waals surface area contributed by atoms with Crippen molar-refractivity contribution in [2.75, 3.05) is 72.4 Å². The number of rotatable bonds is 12. The Morgan fingerprint density at radius 1 is 0.897 bits per heavy atom. The molecule has 0 bridgehead atoms. The molecule has 3 saturated heterocycles. The molecule has 3 fully saturated rings. The molecule has 3 aromatic carbocycles. The number of carbonyl (C=O) groups excluding carboxylic acids is 2. The zero-order valence-electron chi connectivity index (χ0n) is 32.5. The maximum absolute atomic E-state index is 13.9. The van der Waals surface area contributed by atoms with Crippen LogP contribution in [0.5, 0.6) is 0 Å². The number of piperidine rings is 2. The normalized spacial score (nSPS) is 18.8. The maximum atomic E-state index is 13.9. The molecular formula is C41H48F3N9O4S. The number of nitrogens with one attached hydrogen (secondary N) is 3. The smallest absolute Gasteiger partial charge is 0.371 e. The largest absolute Gasteiger partial charge is 0.421 e. The van der Waals surface area contributed by atoms with Gasteiger partial charge >= 0.3 is 6.18 Å². The third-order valence-electron chi connectivity index (χ3n) is 11.2. The average Bonchev–Trinajstić information content (AvgIpc) is 3.20. The van der Waals surface area contributed by atoms with Crippen LogP contribution in [0.3, 0.4) is 0 Å². The zero-order chi connectivity index (χ0) is 41.0. The summed E-state index contributed by atoms with van der Waals surface area (Å²) in [5, 5.41) is 8.25. The number of halogens is 3. The first-order valence-electron chi connectivity index (χ1n) is 19.4. The summed E-state index contributed by atoms with van der Waals surface area (Å²) in [4.78, 5) is 39.5. The Labute approximate surface area is 336 Å². The van der Waals surface area contributed by atoms with E-state index in [-0.39, 0.29) is 30.2 Å². The van der Waals surface area contributed by atoms with Crippen molar-refractivity contribution in [3.63, 3.8) is 0 Å². The van der Waals surface area contributed by atoms with Crippen LogP contribution in [0.2, 0.25) is 0 Å². The molecule has 13 nitrogen and oxygen atoms in total. The van der Waals surface area contributed by atoms with Crippen LogP contribution in [0.1, 0.15) is 53.9 Å². The number of carbonyl (C=O) groups is 2. The van der Waals surface area contributed by atoms with E-state index in [0.717, 1.165) is 86.7 Å². The van der Waals surface area contributed by atoms with Crippen molar-refractivity contribution >= 4 is 50.7 Å². The lowest BCUT2D eigenvalue weighted by atomic mass is 9.89. The van der Waals surface area contributed by atoms with E-state index in [1.165, 1.54) is 12.6 Å². The van der Waals surface area contributed by atoms with E-state index >= 15 is 0 Å². The predicted octanol–water partition coefficient (Wildman–Crippen LogP) is 5.55. The van der Waals surface area contributed by atoms with Crippen LogP contribution < -0.4 is 25.2 Å². The van der Waals surface area contributed by atoms with Crippen LogP contribution >= 0.6 is 0 Å². The van der Waals surface area contributed by atoms with Gasteiger partial charge in [-0.25, -0.2) is 13.4 Å². The molecule has 17 heteroatoms. The molecule has 7 rings (SSSR count). The molecule has 4 heterocycles. The summed E-state index contributed by atoms with van der Waals surface area (Å²) in [6, 6.07) is 22.9. The van der Waals surface area contributed by atoms with Crippen LogP contribution in [-0.4, -0.2) is 98.6 Å². The number of amides is 2. The summed E-state index contributed by atoms with van der Waals surface area (Å²) in [5.41, 5.74) is 3.77. The van der Waals surface area contributed by atoms with Crippen molar-refractivity contribution < 1.29 is 31.2 Å². The fraction of sp³-hybridized carbons (Fsp3) is 0.415. The lowest BCUT2D eigenvalue weighted by molar-refractivity contribution is -0.137. The van der Waals surface area contributed by atoms with Gasteiger partial charge in [-0.2, -0.15) is 18.2 Å². The molecule has 1 unspecified atom stereocenters. The van der Waals surface area contributed by atoms with Gasteiger partial charge in [0.1, 0.15) is 11.4 Å². The van der Waals surface area contributed by atoms with Crippen LogP contribution in [0.4, 0.5) is 42.0 Å². The van der Waals surface area contributed by atoms with Gasteiger partial charge in [-0.3, -0.25) is 29.0 Å². The average molecular weight is 820 g/mol. The first-order valence-corrected chi connectivity index (χ1v) is 21.3. The van der Waals surface area contributed by atoms with Gasteiger partial charge in [0.15, 0.2) is 0 Å². The minimum atomic E-state index is -4.70. The fourth-order valence-electron chi connectivity index (χ4n) is 7.86. The minimum Gasteiger partial charge on any atom is -0.371 e. The number of sulfonamides is 1. The second-order valence-corrected chi connectivity index (χ2v) is 17.2. The molecule has 2 amide bonds. The molecule has 3 N–H and O–H groups in total. The number of aromatic nitrogens is 2. The highest BCUT2D eigenvalue weighted by Gasteiger charge is 2.35. The first kappa shape index (κ1) is 40.9. The maximum Gasteiger partial charge on any atom is 0.421 e. The highest BCUT2D eigenvalue weighted by Crippen LogP contribution is 2.35. The number of nitrogens with zero attached hydrogens (tertiary/aromatic N) is 6. The Balaban J connectivity index is 0.893. The van der Waals surface area contributed by atoms with E-state index in [1.54, 1.807) is 24.3 Å². The highest BCUT2D eigenvalue weighted by atomic mass is 32.2. The molecule has 1 aromatic heterocycles. The van der Waals surface area contributed by atoms with E-state index in [9.17, 15) is 31.2 Å². The SMILES string of the molecule is CN(c1cccc(CNc2nc(Nc3ccc(N4CCC(N5CCN(Cc6cccc(C7CCC(=O)NC7=O)c6)CC5)CC4)cc3)ncc2C(F)(F)F)c1)S(C)(=O)=O. The lowest BCUT2D eigenvalue weighted by Gasteiger charge is -2.43. The minimum absolute atomic E-state index is 0.00420. The van der Waals surface area contributed by atoms with Crippen molar-refractivity contribution in [2.24, 2.45) is 0 Å². The van der Waals surface area contributed by atoms with E-state index in [2.05, 4.69) is 52.8 Å².